The first-order valence-electron chi connectivity index (χ1n) is 19.9. The van der Waals surface area contributed by atoms with Crippen LogP contribution in [0.15, 0.2) is 205 Å². The molecule has 2 nitrogen and oxygen atoms in total. The molecule has 0 fully saturated rings. The van der Waals surface area contributed by atoms with Gasteiger partial charge in [0.15, 0.2) is 0 Å². The van der Waals surface area contributed by atoms with Gasteiger partial charge in [-0.1, -0.05) is 140 Å². The summed E-state index contributed by atoms with van der Waals surface area (Å²) in [6.45, 7) is 0. The van der Waals surface area contributed by atoms with E-state index in [-0.39, 0.29) is 5.41 Å². The number of rotatable bonds is 4. The summed E-state index contributed by atoms with van der Waals surface area (Å²) in [6, 6.07) is 73.7. The van der Waals surface area contributed by atoms with Crippen LogP contribution in [-0.2, 0) is 5.41 Å². The van der Waals surface area contributed by atoms with Crippen LogP contribution in [0.25, 0.3) is 75.5 Å². The molecule has 1 spiro atoms. The molecule has 0 saturated heterocycles. The second-order valence-electron chi connectivity index (χ2n) is 15.6. The molecule has 2 aromatic heterocycles. The van der Waals surface area contributed by atoms with E-state index in [0.717, 1.165) is 39.0 Å². The van der Waals surface area contributed by atoms with E-state index in [9.17, 15) is 0 Å². The van der Waals surface area contributed by atoms with E-state index in [1.54, 1.807) is 0 Å². The highest BCUT2D eigenvalue weighted by Gasteiger charge is 2.51. The first kappa shape index (κ1) is 31.9. The predicted octanol–water partition coefficient (Wildman–Crippen LogP) is 15.4. The molecule has 0 amide bonds. The number of fused-ring (bicyclic) bond motifs is 16. The van der Waals surface area contributed by atoms with Crippen molar-refractivity contribution in [3.8, 4) is 33.4 Å². The van der Waals surface area contributed by atoms with Gasteiger partial charge >= 0.3 is 0 Å². The monoisotopic (exact) mass is 755 g/mol. The third kappa shape index (κ3) is 4.26. The van der Waals surface area contributed by atoms with Gasteiger partial charge in [-0.15, -0.1) is 11.3 Å². The van der Waals surface area contributed by atoms with Crippen molar-refractivity contribution in [2.45, 2.75) is 5.41 Å². The molecule has 58 heavy (non-hydrogen) atoms. The lowest BCUT2D eigenvalue weighted by Gasteiger charge is -2.30. The highest BCUT2D eigenvalue weighted by atomic mass is 32.1. The molecule has 0 aliphatic heterocycles. The molecule has 0 atom stereocenters. The summed E-state index contributed by atoms with van der Waals surface area (Å²) < 4.78 is 9.01. The fraction of sp³-hybridized carbons (Fsp3) is 0.0182. The van der Waals surface area contributed by atoms with E-state index in [0.29, 0.717) is 0 Å². The average molecular weight is 756 g/mol. The van der Waals surface area contributed by atoms with E-state index in [1.165, 1.54) is 75.8 Å². The van der Waals surface area contributed by atoms with Crippen LogP contribution in [0.5, 0.6) is 0 Å². The summed E-state index contributed by atoms with van der Waals surface area (Å²) in [7, 11) is 0. The van der Waals surface area contributed by atoms with Crippen LogP contribution in [0.4, 0.5) is 17.1 Å². The van der Waals surface area contributed by atoms with Crippen molar-refractivity contribution in [3.63, 3.8) is 0 Å². The fourth-order valence-electron chi connectivity index (χ4n) is 10.3. The SMILES string of the molecule is c1ccc2c(c1)-c1ccccc1C21c2ccccc2-c2cc(-c3ccc(N(c4ccc5c(c4)oc4ccccc45)c4cccc5sc6ccccc6c45)cc3)ccc21. The number of benzene rings is 9. The molecular formula is C55H33NOS. The number of nitrogens with zero attached hydrogens (tertiary/aromatic N) is 1. The first-order valence-corrected chi connectivity index (χ1v) is 20.7. The second-order valence-corrected chi connectivity index (χ2v) is 16.6. The maximum atomic E-state index is 6.45. The highest BCUT2D eigenvalue weighted by Crippen LogP contribution is 2.63. The quantitative estimate of drug-likeness (QED) is 0.178. The van der Waals surface area contributed by atoms with Gasteiger partial charge in [-0.2, -0.15) is 0 Å². The van der Waals surface area contributed by atoms with Crippen molar-refractivity contribution in [1.82, 2.24) is 0 Å². The number of anilines is 3. The summed E-state index contributed by atoms with van der Waals surface area (Å²) in [4.78, 5) is 2.40. The Labute approximate surface area is 339 Å². The van der Waals surface area contributed by atoms with E-state index in [2.05, 4.69) is 193 Å². The van der Waals surface area contributed by atoms with E-state index >= 15 is 0 Å². The average Bonchev–Trinajstić information content (AvgIpc) is 4.02. The predicted molar refractivity (Wildman–Crippen MR) is 243 cm³/mol. The van der Waals surface area contributed by atoms with Crippen molar-refractivity contribution < 1.29 is 4.42 Å². The van der Waals surface area contributed by atoms with Crippen LogP contribution >= 0.6 is 11.3 Å². The van der Waals surface area contributed by atoms with Gasteiger partial charge in [0.25, 0.3) is 0 Å². The van der Waals surface area contributed by atoms with E-state index in [1.807, 2.05) is 23.5 Å². The molecule has 0 bridgehead atoms. The third-order valence-corrected chi connectivity index (χ3v) is 13.8. The maximum absolute atomic E-state index is 6.45. The molecule has 0 saturated carbocycles. The standard InChI is InChI=1S/C55H33NOS/c1-6-17-45-38(12-1)39-13-2-7-18-46(39)55(45)47-19-8-3-14-40(47)44-32-35(26-31-48(44)55)34-24-27-36(28-25-34)56(37-29-30-42-41-15-4-9-21-50(41)57-51(42)33-37)49-20-11-23-53-54(49)43-16-5-10-22-52(43)58-53/h1-33H. The van der Waals surface area contributed by atoms with Gasteiger partial charge < -0.3 is 9.32 Å². The second kappa shape index (κ2) is 11.9. The smallest absolute Gasteiger partial charge is 0.137 e. The molecule has 0 N–H and O–H groups in total. The fourth-order valence-corrected chi connectivity index (χ4v) is 11.4. The van der Waals surface area contributed by atoms with Gasteiger partial charge in [0.1, 0.15) is 11.2 Å². The van der Waals surface area contributed by atoms with E-state index in [4.69, 9.17) is 4.42 Å². The topological polar surface area (TPSA) is 16.4 Å². The molecule has 11 aromatic rings. The van der Waals surface area contributed by atoms with Crippen molar-refractivity contribution in [2.24, 2.45) is 0 Å². The summed E-state index contributed by atoms with van der Waals surface area (Å²) in [5.74, 6) is 0. The molecule has 9 aromatic carbocycles. The van der Waals surface area contributed by atoms with E-state index < -0.39 is 0 Å². The number of hydrogen-bond donors (Lipinski definition) is 0. The van der Waals surface area contributed by atoms with Crippen LogP contribution in [0, 0.1) is 0 Å². The molecule has 2 aliphatic rings. The molecule has 0 unspecified atom stereocenters. The zero-order valence-electron chi connectivity index (χ0n) is 31.3. The lowest BCUT2D eigenvalue weighted by molar-refractivity contribution is 0.669. The number of hydrogen-bond acceptors (Lipinski definition) is 3. The van der Waals surface area contributed by atoms with Gasteiger partial charge in [-0.05, 0) is 110 Å². The largest absolute Gasteiger partial charge is 0.456 e. The molecular weight excluding hydrogens is 723 g/mol. The molecule has 270 valence electrons. The van der Waals surface area contributed by atoms with Gasteiger partial charge in [0, 0.05) is 48.4 Å². The van der Waals surface area contributed by atoms with Crippen molar-refractivity contribution in [1.29, 1.82) is 0 Å². The Bertz CT molecular complexity index is 3430. The van der Waals surface area contributed by atoms with Gasteiger partial charge in [-0.25, -0.2) is 0 Å². The Kier molecular flexibility index (Phi) is 6.56. The van der Waals surface area contributed by atoms with Crippen LogP contribution in [0.1, 0.15) is 22.3 Å². The Morgan fingerprint density at radius 3 is 1.71 bits per heavy atom. The van der Waals surface area contributed by atoms with Crippen molar-refractivity contribution in [2.75, 3.05) is 4.90 Å². The van der Waals surface area contributed by atoms with Crippen LogP contribution < -0.4 is 4.90 Å². The summed E-state index contributed by atoms with van der Waals surface area (Å²) in [6.07, 6.45) is 0. The number of furan rings is 1. The lowest BCUT2D eigenvalue weighted by Crippen LogP contribution is -2.25. The molecule has 3 heteroatoms. The Morgan fingerprint density at radius 1 is 0.379 bits per heavy atom. The van der Waals surface area contributed by atoms with Crippen molar-refractivity contribution in [3.05, 3.63) is 222 Å². The zero-order chi connectivity index (χ0) is 38.0. The Balaban J connectivity index is 0.970. The highest BCUT2D eigenvalue weighted by molar-refractivity contribution is 7.26. The molecule has 2 aliphatic carbocycles. The van der Waals surface area contributed by atoms with Gasteiger partial charge in [-0.3, -0.25) is 0 Å². The number of thiophene rings is 1. The van der Waals surface area contributed by atoms with Crippen LogP contribution in [-0.4, -0.2) is 0 Å². The first-order chi connectivity index (χ1) is 28.8. The zero-order valence-corrected chi connectivity index (χ0v) is 32.1. The summed E-state index contributed by atoms with van der Waals surface area (Å²) in [5, 5.41) is 4.79. The van der Waals surface area contributed by atoms with Crippen LogP contribution in [0.3, 0.4) is 0 Å². The minimum absolute atomic E-state index is 0.338. The Hall–Kier alpha value is -7.20. The van der Waals surface area contributed by atoms with Crippen molar-refractivity contribution >= 4 is 70.5 Å². The normalized spacial score (nSPS) is 13.3. The molecule has 13 rings (SSSR count). The summed E-state index contributed by atoms with van der Waals surface area (Å²) >= 11 is 1.85. The number of para-hydroxylation sites is 1. The van der Waals surface area contributed by atoms with Gasteiger partial charge in [0.2, 0.25) is 0 Å². The maximum Gasteiger partial charge on any atom is 0.137 e. The van der Waals surface area contributed by atoms with Gasteiger partial charge in [0.05, 0.1) is 11.1 Å². The Morgan fingerprint density at radius 2 is 0.948 bits per heavy atom. The lowest BCUT2D eigenvalue weighted by atomic mass is 9.70. The third-order valence-electron chi connectivity index (χ3n) is 12.7. The van der Waals surface area contributed by atoms with Crippen LogP contribution in [0.2, 0.25) is 0 Å². The molecule has 2 heterocycles. The molecule has 0 radical (unpaired) electrons. The minimum atomic E-state index is -0.338. The summed E-state index contributed by atoms with van der Waals surface area (Å²) in [5.41, 5.74) is 17.9. The minimum Gasteiger partial charge on any atom is -0.456 e.